The van der Waals surface area contributed by atoms with Crippen molar-refractivity contribution in [1.82, 2.24) is 10.4 Å². The van der Waals surface area contributed by atoms with Crippen LogP contribution in [0.1, 0.15) is 32.7 Å². The van der Waals surface area contributed by atoms with Crippen molar-refractivity contribution in [3.63, 3.8) is 0 Å². The lowest BCUT2D eigenvalue weighted by Gasteiger charge is -2.28. The number of nitro benzene ring substituents is 1. The Labute approximate surface area is 211 Å². The van der Waals surface area contributed by atoms with E-state index >= 15 is 0 Å². The zero-order chi connectivity index (χ0) is 26.7. The van der Waals surface area contributed by atoms with Crippen LogP contribution in [-0.4, -0.2) is 46.7 Å². The summed E-state index contributed by atoms with van der Waals surface area (Å²) in [6.07, 6.45) is -0.386. The molecular formula is C26H22N4O7. The summed E-state index contributed by atoms with van der Waals surface area (Å²) in [5.41, 5.74) is 3.16. The van der Waals surface area contributed by atoms with Gasteiger partial charge in [-0.2, -0.15) is 0 Å². The topological polar surface area (TPSA) is 139 Å². The molecule has 3 aromatic carbocycles. The van der Waals surface area contributed by atoms with E-state index in [1.165, 1.54) is 37.4 Å². The maximum atomic E-state index is 13.6. The highest BCUT2D eigenvalue weighted by molar-refractivity contribution is 6.23. The van der Waals surface area contributed by atoms with E-state index in [1.807, 2.05) is 13.0 Å². The summed E-state index contributed by atoms with van der Waals surface area (Å²) in [5.74, 6) is -2.75. The van der Waals surface area contributed by atoms with Crippen LogP contribution in [-0.2, 0) is 9.59 Å². The van der Waals surface area contributed by atoms with E-state index in [0.29, 0.717) is 5.69 Å². The monoisotopic (exact) mass is 502 g/mol. The Morgan fingerprint density at radius 2 is 1.78 bits per heavy atom. The number of carbonyl (C=O) groups excluding carboxylic acids is 4. The minimum Gasteiger partial charge on any atom is -0.496 e. The first-order chi connectivity index (χ1) is 17.7. The van der Waals surface area contributed by atoms with Crippen molar-refractivity contribution in [3.8, 4) is 5.75 Å². The largest absolute Gasteiger partial charge is 0.496 e. The van der Waals surface area contributed by atoms with Gasteiger partial charge in [-0.3, -0.25) is 34.7 Å². The highest BCUT2D eigenvalue weighted by atomic mass is 16.6. The molecule has 0 aliphatic carbocycles. The Morgan fingerprint density at radius 1 is 1.05 bits per heavy atom. The van der Waals surface area contributed by atoms with E-state index in [2.05, 4.69) is 5.43 Å². The zero-order valence-electron chi connectivity index (χ0n) is 19.9. The van der Waals surface area contributed by atoms with Crippen LogP contribution in [0.5, 0.6) is 5.75 Å². The van der Waals surface area contributed by atoms with Gasteiger partial charge < -0.3 is 4.74 Å². The number of nitrogens with zero attached hydrogens (tertiary/aromatic N) is 3. The predicted octanol–water partition coefficient (Wildman–Crippen LogP) is 3.03. The molecule has 11 heteroatoms. The summed E-state index contributed by atoms with van der Waals surface area (Å²) in [5, 5.41) is 11.9. The number of nitro groups is 1. The van der Waals surface area contributed by atoms with Crippen molar-refractivity contribution in [2.45, 2.75) is 19.4 Å². The third-order valence-electron chi connectivity index (χ3n) is 5.79. The minimum atomic E-state index is -1.37. The molecule has 11 nitrogen and oxygen atoms in total. The molecule has 4 rings (SSSR count). The molecular weight excluding hydrogens is 480 g/mol. The molecule has 188 valence electrons. The molecule has 0 aromatic heterocycles. The molecule has 1 heterocycles. The van der Waals surface area contributed by atoms with Crippen LogP contribution in [0.3, 0.4) is 0 Å². The number of benzene rings is 3. The van der Waals surface area contributed by atoms with Gasteiger partial charge in [0.15, 0.2) is 0 Å². The number of ether oxygens (including phenoxy) is 1. The number of non-ortho nitro benzene ring substituents is 1. The normalized spacial score (nSPS) is 14.9. The molecule has 1 aliphatic rings. The maximum absolute atomic E-state index is 13.6. The summed E-state index contributed by atoms with van der Waals surface area (Å²) in [6.45, 7) is 1.81. The Balaban J connectivity index is 1.73. The van der Waals surface area contributed by atoms with Gasteiger partial charge in [0.2, 0.25) is 5.91 Å². The number of rotatable bonds is 6. The van der Waals surface area contributed by atoms with Crippen molar-refractivity contribution in [1.29, 1.82) is 0 Å². The first kappa shape index (κ1) is 25.0. The lowest BCUT2D eigenvalue weighted by molar-refractivity contribution is -0.384. The standard InChI is InChI=1S/C26H22N4O7/c1-16-7-5-9-18(13-16)28-23(31)15-21(26(28)34)29(25(33)20-11-3-4-12-22(20)37-2)27-24(32)17-8-6-10-19(14-17)30(35)36/h3-14,21H,15H2,1-2H3,(H,27,32). The van der Waals surface area contributed by atoms with E-state index < -0.39 is 34.6 Å². The van der Waals surface area contributed by atoms with Crippen LogP contribution < -0.4 is 15.1 Å². The second kappa shape index (κ2) is 10.3. The lowest BCUT2D eigenvalue weighted by atomic mass is 10.1. The SMILES string of the molecule is COc1ccccc1C(=O)N(NC(=O)c1cccc([N+](=O)[O-])c1)C1CC(=O)N(c2cccc(C)c2)C1=O. The number of imide groups is 1. The molecule has 1 saturated heterocycles. The Hall–Kier alpha value is -5.06. The molecule has 0 spiro atoms. The fourth-order valence-electron chi connectivity index (χ4n) is 4.01. The van der Waals surface area contributed by atoms with Crippen molar-refractivity contribution >= 4 is 35.0 Å². The fourth-order valence-corrected chi connectivity index (χ4v) is 4.01. The highest BCUT2D eigenvalue weighted by Gasteiger charge is 2.46. The van der Waals surface area contributed by atoms with Crippen LogP contribution in [0.2, 0.25) is 0 Å². The third kappa shape index (κ3) is 5.01. The Morgan fingerprint density at radius 3 is 2.49 bits per heavy atom. The first-order valence-electron chi connectivity index (χ1n) is 11.2. The number of aryl methyl sites for hydroxylation is 1. The lowest BCUT2D eigenvalue weighted by Crippen LogP contribution is -2.54. The number of hydrazine groups is 1. The number of hydrogen-bond donors (Lipinski definition) is 1. The summed E-state index contributed by atoms with van der Waals surface area (Å²) in [6, 6.07) is 16.5. The van der Waals surface area contributed by atoms with Gasteiger partial charge in [-0.05, 0) is 42.8 Å². The predicted molar refractivity (Wildman–Crippen MR) is 132 cm³/mol. The molecule has 0 radical (unpaired) electrons. The second-order valence-corrected chi connectivity index (χ2v) is 8.25. The molecule has 3 aromatic rings. The molecule has 37 heavy (non-hydrogen) atoms. The van der Waals surface area contributed by atoms with Crippen molar-refractivity contribution in [3.05, 3.63) is 99.6 Å². The maximum Gasteiger partial charge on any atom is 0.276 e. The van der Waals surface area contributed by atoms with Crippen molar-refractivity contribution in [2.75, 3.05) is 12.0 Å². The molecule has 0 bridgehead atoms. The van der Waals surface area contributed by atoms with Crippen LogP contribution in [0, 0.1) is 17.0 Å². The second-order valence-electron chi connectivity index (χ2n) is 8.25. The van der Waals surface area contributed by atoms with Crippen LogP contribution in [0.4, 0.5) is 11.4 Å². The molecule has 0 saturated carbocycles. The molecule has 1 unspecified atom stereocenters. The van der Waals surface area contributed by atoms with E-state index in [1.54, 1.807) is 30.3 Å². The number of anilines is 1. The first-order valence-corrected chi connectivity index (χ1v) is 11.2. The van der Waals surface area contributed by atoms with E-state index in [0.717, 1.165) is 21.5 Å². The number of carbonyl (C=O) groups is 4. The number of amides is 4. The molecule has 4 amide bonds. The summed E-state index contributed by atoms with van der Waals surface area (Å²) in [4.78, 5) is 64.6. The fraction of sp³-hybridized carbons (Fsp3) is 0.154. The van der Waals surface area contributed by atoms with Gasteiger partial charge in [0.05, 0.1) is 29.7 Å². The molecule has 1 aliphatic heterocycles. The van der Waals surface area contributed by atoms with Gasteiger partial charge in [0.1, 0.15) is 11.8 Å². The highest BCUT2D eigenvalue weighted by Crippen LogP contribution is 2.28. The zero-order valence-corrected chi connectivity index (χ0v) is 19.9. The molecule has 1 atom stereocenters. The van der Waals surface area contributed by atoms with Crippen LogP contribution in [0.15, 0.2) is 72.8 Å². The van der Waals surface area contributed by atoms with Gasteiger partial charge in [-0.1, -0.05) is 30.3 Å². The smallest absolute Gasteiger partial charge is 0.276 e. The van der Waals surface area contributed by atoms with Gasteiger partial charge in [0.25, 0.3) is 23.4 Å². The average Bonchev–Trinajstić information content (AvgIpc) is 3.19. The average molecular weight is 502 g/mol. The summed E-state index contributed by atoms with van der Waals surface area (Å²) in [7, 11) is 1.36. The van der Waals surface area contributed by atoms with Crippen LogP contribution in [0.25, 0.3) is 0 Å². The summed E-state index contributed by atoms with van der Waals surface area (Å²) < 4.78 is 5.27. The van der Waals surface area contributed by atoms with Crippen molar-refractivity contribution in [2.24, 2.45) is 0 Å². The summed E-state index contributed by atoms with van der Waals surface area (Å²) >= 11 is 0. The third-order valence-corrected chi connectivity index (χ3v) is 5.79. The number of nitrogens with one attached hydrogen (secondary N) is 1. The van der Waals surface area contributed by atoms with Crippen molar-refractivity contribution < 1.29 is 28.8 Å². The molecule has 1 fully saturated rings. The Bertz CT molecular complexity index is 1420. The quantitative estimate of drug-likeness (QED) is 0.310. The Kier molecular flexibility index (Phi) is 6.96. The van der Waals surface area contributed by atoms with Gasteiger partial charge in [-0.15, -0.1) is 0 Å². The number of hydrogen-bond acceptors (Lipinski definition) is 7. The number of para-hydroxylation sites is 1. The molecule has 1 N–H and O–H groups in total. The van der Waals surface area contributed by atoms with E-state index in [-0.39, 0.29) is 29.0 Å². The minimum absolute atomic E-state index is 0.0404. The van der Waals surface area contributed by atoms with Gasteiger partial charge in [0, 0.05) is 17.7 Å². The van der Waals surface area contributed by atoms with Gasteiger partial charge in [-0.25, -0.2) is 9.91 Å². The van der Waals surface area contributed by atoms with Crippen LogP contribution >= 0.6 is 0 Å². The van der Waals surface area contributed by atoms with E-state index in [4.69, 9.17) is 4.74 Å². The number of methoxy groups -OCH3 is 1. The van der Waals surface area contributed by atoms with E-state index in [9.17, 15) is 29.3 Å². The van der Waals surface area contributed by atoms with Gasteiger partial charge >= 0.3 is 0 Å².